The molecule has 1 aliphatic carbocycles. The number of amides is 1. The monoisotopic (exact) mass is 284 g/mol. The van der Waals surface area contributed by atoms with E-state index in [2.05, 4.69) is 5.32 Å². The molecule has 0 atom stereocenters. The summed E-state index contributed by atoms with van der Waals surface area (Å²) in [7, 11) is 0. The standard InChI is InChI=1S/C17H20N2O2/c18-9-15-14-4-2-1-3-13(14)7-8-16(15)21-11-17(20)19-10-12-5-6-12/h1-4,7-8,12H,5-6,9-11,18H2,(H,19,20). The fourth-order valence-corrected chi connectivity index (χ4v) is 2.44. The van der Waals surface area contributed by atoms with Crippen LogP contribution in [0.4, 0.5) is 0 Å². The smallest absolute Gasteiger partial charge is 0.257 e. The van der Waals surface area contributed by atoms with Gasteiger partial charge in [-0.3, -0.25) is 4.79 Å². The second-order valence-corrected chi connectivity index (χ2v) is 5.50. The zero-order valence-electron chi connectivity index (χ0n) is 12.0. The second kappa shape index (κ2) is 6.14. The minimum absolute atomic E-state index is 0.0397. The lowest BCUT2D eigenvalue weighted by Gasteiger charge is -2.13. The Labute approximate surface area is 124 Å². The number of carbonyl (C=O) groups is 1. The maximum atomic E-state index is 11.7. The summed E-state index contributed by atoms with van der Waals surface area (Å²) >= 11 is 0. The lowest BCUT2D eigenvalue weighted by Crippen LogP contribution is -2.30. The first-order valence-electron chi connectivity index (χ1n) is 7.38. The van der Waals surface area contributed by atoms with Gasteiger partial charge in [0.1, 0.15) is 5.75 Å². The molecule has 0 bridgehead atoms. The molecule has 0 saturated heterocycles. The Hall–Kier alpha value is -2.07. The number of benzene rings is 2. The van der Waals surface area contributed by atoms with Gasteiger partial charge in [0, 0.05) is 18.7 Å². The summed E-state index contributed by atoms with van der Waals surface area (Å²) in [5.74, 6) is 1.30. The van der Waals surface area contributed by atoms with Crippen molar-refractivity contribution >= 4 is 16.7 Å². The third-order valence-corrected chi connectivity index (χ3v) is 3.85. The van der Waals surface area contributed by atoms with E-state index in [-0.39, 0.29) is 12.5 Å². The minimum Gasteiger partial charge on any atom is -0.483 e. The predicted octanol–water partition coefficient (Wildman–Crippen LogP) is 2.20. The highest BCUT2D eigenvalue weighted by molar-refractivity contribution is 5.88. The van der Waals surface area contributed by atoms with Crippen LogP contribution in [-0.4, -0.2) is 19.1 Å². The van der Waals surface area contributed by atoms with Gasteiger partial charge in [0.15, 0.2) is 6.61 Å². The molecule has 0 radical (unpaired) electrons. The normalized spacial score (nSPS) is 14.1. The lowest BCUT2D eigenvalue weighted by atomic mass is 10.0. The summed E-state index contributed by atoms with van der Waals surface area (Å²) in [6.07, 6.45) is 2.45. The van der Waals surface area contributed by atoms with Crippen molar-refractivity contribution in [1.29, 1.82) is 0 Å². The van der Waals surface area contributed by atoms with Gasteiger partial charge in [0.25, 0.3) is 5.91 Å². The number of ether oxygens (including phenoxy) is 1. The molecule has 1 aliphatic rings. The van der Waals surface area contributed by atoms with Crippen molar-refractivity contribution in [3.05, 3.63) is 42.0 Å². The number of carbonyl (C=O) groups excluding carboxylic acids is 1. The zero-order chi connectivity index (χ0) is 14.7. The molecule has 0 aromatic heterocycles. The molecule has 2 aromatic rings. The van der Waals surface area contributed by atoms with E-state index in [1.807, 2.05) is 36.4 Å². The van der Waals surface area contributed by atoms with Gasteiger partial charge in [-0.15, -0.1) is 0 Å². The molecule has 110 valence electrons. The van der Waals surface area contributed by atoms with E-state index in [0.29, 0.717) is 18.2 Å². The molecule has 0 heterocycles. The van der Waals surface area contributed by atoms with E-state index in [4.69, 9.17) is 10.5 Å². The Bertz CT molecular complexity index is 650. The molecule has 1 fully saturated rings. The van der Waals surface area contributed by atoms with Crippen LogP contribution < -0.4 is 15.8 Å². The Morgan fingerprint density at radius 2 is 2.05 bits per heavy atom. The Kier molecular flexibility index (Phi) is 4.06. The van der Waals surface area contributed by atoms with Crippen LogP contribution in [0.15, 0.2) is 36.4 Å². The predicted molar refractivity (Wildman–Crippen MR) is 83.1 cm³/mol. The van der Waals surface area contributed by atoms with Crippen molar-refractivity contribution in [3.8, 4) is 5.75 Å². The van der Waals surface area contributed by atoms with Crippen molar-refractivity contribution in [3.63, 3.8) is 0 Å². The molecule has 1 saturated carbocycles. The summed E-state index contributed by atoms with van der Waals surface area (Å²) in [6, 6.07) is 11.9. The quantitative estimate of drug-likeness (QED) is 0.854. The van der Waals surface area contributed by atoms with Gasteiger partial charge in [0.2, 0.25) is 0 Å². The van der Waals surface area contributed by atoms with E-state index < -0.39 is 0 Å². The van der Waals surface area contributed by atoms with Crippen LogP contribution >= 0.6 is 0 Å². The molecular formula is C17H20N2O2. The minimum atomic E-state index is -0.0713. The van der Waals surface area contributed by atoms with E-state index >= 15 is 0 Å². The summed E-state index contributed by atoms with van der Waals surface area (Å²) in [5.41, 5.74) is 6.80. The first-order chi connectivity index (χ1) is 10.3. The third kappa shape index (κ3) is 3.34. The summed E-state index contributed by atoms with van der Waals surface area (Å²) in [6.45, 7) is 1.20. The van der Waals surface area contributed by atoms with Crippen LogP contribution in [-0.2, 0) is 11.3 Å². The van der Waals surface area contributed by atoms with Gasteiger partial charge >= 0.3 is 0 Å². The third-order valence-electron chi connectivity index (χ3n) is 3.85. The maximum Gasteiger partial charge on any atom is 0.257 e. The number of nitrogens with one attached hydrogen (secondary N) is 1. The van der Waals surface area contributed by atoms with E-state index in [9.17, 15) is 4.79 Å². The van der Waals surface area contributed by atoms with Gasteiger partial charge in [-0.25, -0.2) is 0 Å². The maximum absolute atomic E-state index is 11.7. The van der Waals surface area contributed by atoms with Gasteiger partial charge in [-0.1, -0.05) is 30.3 Å². The molecule has 0 aliphatic heterocycles. The molecule has 3 rings (SSSR count). The molecule has 4 heteroatoms. The first kappa shape index (κ1) is 13.9. The SMILES string of the molecule is NCc1c(OCC(=O)NCC2CC2)ccc2ccccc12. The average molecular weight is 284 g/mol. The number of nitrogens with two attached hydrogens (primary N) is 1. The second-order valence-electron chi connectivity index (χ2n) is 5.50. The molecule has 21 heavy (non-hydrogen) atoms. The van der Waals surface area contributed by atoms with Gasteiger partial charge in [-0.05, 0) is 35.6 Å². The van der Waals surface area contributed by atoms with Crippen LogP contribution in [0.25, 0.3) is 10.8 Å². The molecule has 0 unspecified atom stereocenters. The zero-order valence-corrected chi connectivity index (χ0v) is 12.0. The average Bonchev–Trinajstić information content (AvgIpc) is 3.34. The molecule has 1 amide bonds. The lowest BCUT2D eigenvalue weighted by molar-refractivity contribution is -0.123. The van der Waals surface area contributed by atoms with Crippen molar-refractivity contribution in [2.45, 2.75) is 19.4 Å². The molecule has 2 aromatic carbocycles. The highest BCUT2D eigenvalue weighted by atomic mass is 16.5. The number of fused-ring (bicyclic) bond motifs is 1. The first-order valence-corrected chi connectivity index (χ1v) is 7.38. The largest absolute Gasteiger partial charge is 0.483 e. The van der Waals surface area contributed by atoms with Crippen molar-refractivity contribution < 1.29 is 9.53 Å². The van der Waals surface area contributed by atoms with Crippen LogP contribution in [0.1, 0.15) is 18.4 Å². The van der Waals surface area contributed by atoms with Crippen LogP contribution in [0, 0.1) is 5.92 Å². The fourth-order valence-electron chi connectivity index (χ4n) is 2.44. The molecule has 0 spiro atoms. The van der Waals surface area contributed by atoms with E-state index in [1.54, 1.807) is 0 Å². The van der Waals surface area contributed by atoms with Gasteiger partial charge < -0.3 is 15.8 Å². The van der Waals surface area contributed by atoms with Crippen molar-refractivity contribution in [1.82, 2.24) is 5.32 Å². The fraction of sp³-hybridized carbons (Fsp3) is 0.353. The Balaban J connectivity index is 1.69. The van der Waals surface area contributed by atoms with Gasteiger partial charge in [0.05, 0.1) is 0 Å². The summed E-state index contributed by atoms with van der Waals surface area (Å²) < 4.78 is 5.66. The molecule has 4 nitrogen and oxygen atoms in total. The molecule has 3 N–H and O–H groups in total. The van der Waals surface area contributed by atoms with Crippen molar-refractivity contribution in [2.75, 3.05) is 13.2 Å². The molecular weight excluding hydrogens is 264 g/mol. The topological polar surface area (TPSA) is 64.3 Å². The van der Waals surface area contributed by atoms with Gasteiger partial charge in [-0.2, -0.15) is 0 Å². The van der Waals surface area contributed by atoms with Crippen LogP contribution in [0.3, 0.4) is 0 Å². The van der Waals surface area contributed by atoms with E-state index in [0.717, 1.165) is 22.9 Å². The van der Waals surface area contributed by atoms with Crippen LogP contribution in [0.2, 0.25) is 0 Å². The highest BCUT2D eigenvalue weighted by Crippen LogP contribution is 2.28. The Morgan fingerprint density at radius 3 is 2.81 bits per heavy atom. The highest BCUT2D eigenvalue weighted by Gasteiger charge is 2.21. The number of rotatable bonds is 6. The summed E-state index contributed by atoms with van der Waals surface area (Å²) in [5, 5.41) is 5.10. The van der Waals surface area contributed by atoms with E-state index in [1.165, 1.54) is 12.8 Å². The number of hydrogen-bond acceptors (Lipinski definition) is 3. The van der Waals surface area contributed by atoms with Crippen molar-refractivity contribution in [2.24, 2.45) is 11.7 Å². The summed E-state index contributed by atoms with van der Waals surface area (Å²) in [4.78, 5) is 11.7. The Morgan fingerprint density at radius 1 is 1.24 bits per heavy atom. The van der Waals surface area contributed by atoms with Crippen LogP contribution in [0.5, 0.6) is 5.75 Å². The number of hydrogen-bond donors (Lipinski definition) is 2.